The smallest absolute Gasteiger partial charge is 0.272 e. The third-order valence-corrected chi connectivity index (χ3v) is 1.55. The van der Waals surface area contributed by atoms with Crippen LogP contribution < -0.4 is 4.74 Å². The van der Waals surface area contributed by atoms with Gasteiger partial charge in [-0.1, -0.05) is 0 Å². The summed E-state index contributed by atoms with van der Waals surface area (Å²) in [7, 11) is 0. The van der Waals surface area contributed by atoms with E-state index in [4.69, 9.17) is 0 Å². The highest BCUT2D eigenvalue weighted by atomic mass is 79.9. The van der Waals surface area contributed by atoms with Gasteiger partial charge in [-0.2, -0.15) is 0 Å². The van der Waals surface area contributed by atoms with Gasteiger partial charge in [0.25, 0.3) is 6.43 Å². The molecule has 0 saturated carbocycles. The van der Waals surface area contributed by atoms with Crippen molar-refractivity contribution >= 4 is 15.9 Å². The summed E-state index contributed by atoms with van der Waals surface area (Å²) in [4.78, 5) is 3.80. The van der Waals surface area contributed by atoms with Gasteiger partial charge in [0, 0.05) is 0 Å². The molecule has 0 aromatic carbocycles. The highest BCUT2D eigenvalue weighted by Crippen LogP contribution is 2.13. The van der Waals surface area contributed by atoms with E-state index in [1.54, 1.807) is 12.1 Å². The fourth-order valence-electron chi connectivity index (χ4n) is 0.607. The van der Waals surface area contributed by atoms with Crippen molar-refractivity contribution in [2.75, 3.05) is 6.61 Å². The Morgan fingerprint density at radius 3 is 2.75 bits per heavy atom. The van der Waals surface area contributed by atoms with Crippen LogP contribution in [0.25, 0.3) is 0 Å². The van der Waals surface area contributed by atoms with Gasteiger partial charge >= 0.3 is 0 Å². The summed E-state index contributed by atoms with van der Waals surface area (Å²) in [6.45, 7) is -0.594. The standard InChI is InChI=1S/C7H6BrF2NO/c8-6-2-1-5(3-11-6)12-4-7(9)10/h1-3,7H,4H2. The molecule has 0 fully saturated rings. The zero-order valence-electron chi connectivity index (χ0n) is 6.01. The average molecular weight is 238 g/mol. The second-order valence-electron chi connectivity index (χ2n) is 2.02. The first-order valence-electron chi connectivity index (χ1n) is 3.21. The zero-order valence-corrected chi connectivity index (χ0v) is 7.59. The Kier molecular flexibility index (Phi) is 3.40. The number of nitrogens with zero attached hydrogens (tertiary/aromatic N) is 1. The van der Waals surface area contributed by atoms with Crippen LogP contribution in [0, 0.1) is 0 Å². The quantitative estimate of drug-likeness (QED) is 0.754. The molecule has 1 heterocycles. The molecule has 5 heteroatoms. The summed E-state index contributed by atoms with van der Waals surface area (Å²) >= 11 is 3.11. The lowest BCUT2D eigenvalue weighted by Gasteiger charge is -2.03. The maximum atomic E-state index is 11.6. The summed E-state index contributed by atoms with van der Waals surface area (Å²) in [5.74, 6) is 0.346. The van der Waals surface area contributed by atoms with Crippen molar-refractivity contribution in [2.45, 2.75) is 6.43 Å². The third-order valence-electron chi connectivity index (χ3n) is 1.08. The molecule has 66 valence electrons. The average Bonchev–Trinajstić information content (AvgIpc) is 2.03. The van der Waals surface area contributed by atoms with Crippen LogP contribution in [0.2, 0.25) is 0 Å². The molecular formula is C7H6BrF2NO. The van der Waals surface area contributed by atoms with Gasteiger partial charge in [-0.15, -0.1) is 0 Å². The number of ether oxygens (including phenoxy) is 1. The molecular weight excluding hydrogens is 232 g/mol. The SMILES string of the molecule is FC(F)COc1ccc(Br)nc1. The molecule has 0 aliphatic carbocycles. The molecule has 0 spiro atoms. The van der Waals surface area contributed by atoms with E-state index in [0.29, 0.717) is 10.4 Å². The number of alkyl halides is 2. The van der Waals surface area contributed by atoms with Gasteiger partial charge < -0.3 is 4.74 Å². The van der Waals surface area contributed by atoms with E-state index in [2.05, 4.69) is 25.7 Å². The first kappa shape index (κ1) is 9.38. The van der Waals surface area contributed by atoms with Crippen molar-refractivity contribution in [1.82, 2.24) is 4.98 Å². The third kappa shape index (κ3) is 3.13. The van der Waals surface area contributed by atoms with Gasteiger partial charge in [0.05, 0.1) is 6.20 Å². The summed E-state index contributed by atoms with van der Waals surface area (Å²) in [5.41, 5.74) is 0. The van der Waals surface area contributed by atoms with Gasteiger partial charge in [-0.25, -0.2) is 13.8 Å². The molecule has 1 aromatic heterocycles. The van der Waals surface area contributed by atoms with Crippen LogP contribution in [-0.4, -0.2) is 18.0 Å². The van der Waals surface area contributed by atoms with Crippen LogP contribution in [0.3, 0.4) is 0 Å². The van der Waals surface area contributed by atoms with E-state index in [1.165, 1.54) is 6.20 Å². The molecule has 1 rings (SSSR count). The Labute approximate surface area is 76.7 Å². The molecule has 0 radical (unpaired) electrons. The fraction of sp³-hybridized carbons (Fsp3) is 0.286. The van der Waals surface area contributed by atoms with Crippen LogP contribution in [0.5, 0.6) is 5.75 Å². The second kappa shape index (κ2) is 4.35. The van der Waals surface area contributed by atoms with Gasteiger partial charge in [0.2, 0.25) is 0 Å². The number of aromatic nitrogens is 1. The molecule has 0 saturated heterocycles. The topological polar surface area (TPSA) is 22.1 Å². The molecule has 0 aliphatic heterocycles. The normalized spacial score (nSPS) is 10.3. The monoisotopic (exact) mass is 237 g/mol. The molecule has 0 atom stereocenters. The van der Waals surface area contributed by atoms with E-state index in [1.807, 2.05) is 0 Å². The minimum absolute atomic E-state index is 0.346. The maximum absolute atomic E-state index is 11.6. The van der Waals surface area contributed by atoms with E-state index < -0.39 is 13.0 Å². The zero-order chi connectivity index (χ0) is 8.97. The fourth-order valence-corrected chi connectivity index (χ4v) is 0.841. The molecule has 12 heavy (non-hydrogen) atoms. The highest BCUT2D eigenvalue weighted by molar-refractivity contribution is 9.10. The highest BCUT2D eigenvalue weighted by Gasteiger charge is 2.02. The number of hydrogen-bond acceptors (Lipinski definition) is 2. The van der Waals surface area contributed by atoms with Gasteiger partial charge in [0.15, 0.2) is 0 Å². The van der Waals surface area contributed by atoms with Gasteiger partial charge in [-0.05, 0) is 28.1 Å². The predicted molar refractivity (Wildman–Crippen MR) is 43.4 cm³/mol. The maximum Gasteiger partial charge on any atom is 0.272 e. The molecule has 0 N–H and O–H groups in total. The van der Waals surface area contributed by atoms with Crippen LogP contribution in [0.1, 0.15) is 0 Å². The van der Waals surface area contributed by atoms with Crippen molar-refractivity contribution in [2.24, 2.45) is 0 Å². The first-order valence-corrected chi connectivity index (χ1v) is 4.00. The van der Waals surface area contributed by atoms with E-state index in [-0.39, 0.29) is 0 Å². The Bertz CT molecular complexity index is 240. The minimum Gasteiger partial charge on any atom is -0.486 e. The number of rotatable bonds is 3. The molecule has 0 aliphatic rings. The minimum atomic E-state index is -2.45. The van der Waals surface area contributed by atoms with E-state index in [0.717, 1.165) is 0 Å². The summed E-state index contributed by atoms with van der Waals surface area (Å²) in [5, 5.41) is 0. The Hall–Kier alpha value is -0.710. The molecule has 1 aromatic rings. The molecule has 0 amide bonds. The summed E-state index contributed by atoms with van der Waals surface area (Å²) in [6, 6.07) is 3.19. The van der Waals surface area contributed by atoms with Crippen molar-refractivity contribution in [3.05, 3.63) is 22.9 Å². The van der Waals surface area contributed by atoms with Gasteiger partial charge in [-0.3, -0.25) is 0 Å². The predicted octanol–water partition coefficient (Wildman–Crippen LogP) is 2.49. The van der Waals surface area contributed by atoms with Crippen LogP contribution in [0.15, 0.2) is 22.9 Å². The largest absolute Gasteiger partial charge is 0.486 e. The van der Waals surface area contributed by atoms with Crippen molar-refractivity contribution in [1.29, 1.82) is 0 Å². The Morgan fingerprint density at radius 1 is 1.50 bits per heavy atom. The lowest BCUT2D eigenvalue weighted by Crippen LogP contribution is -2.06. The van der Waals surface area contributed by atoms with Crippen molar-refractivity contribution in [3.8, 4) is 5.75 Å². The molecule has 2 nitrogen and oxygen atoms in total. The Balaban J connectivity index is 2.48. The van der Waals surface area contributed by atoms with Crippen molar-refractivity contribution in [3.63, 3.8) is 0 Å². The van der Waals surface area contributed by atoms with Gasteiger partial charge in [0.1, 0.15) is 17.0 Å². The van der Waals surface area contributed by atoms with Crippen LogP contribution in [0.4, 0.5) is 8.78 Å². The number of hydrogen-bond donors (Lipinski definition) is 0. The van der Waals surface area contributed by atoms with E-state index >= 15 is 0 Å². The molecule has 0 bridgehead atoms. The lowest BCUT2D eigenvalue weighted by molar-refractivity contribution is 0.0817. The number of halogens is 3. The Morgan fingerprint density at radius 2 is 2.25 bits per heavy atom. The van der Waals surface area contributed by atoms with E-state index in [9.17, 15) is 8.78 Å². The summed E-state index contributed by atoms with van der Waals surface area (Å²) in [6.07, 6.45) is -1.07. The first-order chi connectivity index (χ1) is 5.68. The van der Waals surface area contributed by atoms with Crippen LogP contribution >= 0.6 is 15.9 Å². The molecule has 0 unspecified atom stereocenters. The lowest BCUT2D eigenvalue weighted by atomic mass is 10.5. The number of pyridine rings is 1. The van der Waals surface area contributed by atoms with Crippen molar-refractivity contribution < 1.29 is 13.5 Å². The summed E-state index contributed by atoms with van der Waals surface area (Å²) < 4.78 is 28.6. The van der Waals surface area contributed by atoms with Crippen LogP contribution in [-0.2, 0) is 0 Å². The second-order valence-corrected chi connectivity index (χ2v) is 2.83.